The van der Waals surface area contributed by atoms with Crippen LogP contribution in [0.5, 0.6) is 11.5 Å². The first-order valence-electron chi connectivity index (χ1n) is 7.64. The van der Waals surface area contributed by atoms with Gasteiger partial charge in [-0.2, -0.15) is 0 Å². The van der Waals surface area contributed by atoms with Crippen molar-refractivity contribution >= 4 is 11.4 Å². The van der Waals surface area contributed by atoms with Gasteiger partial charge in [0.2, 0.25) is 0 Å². The van der Waals surface area contributed by atoms with Crippen LogP contribution in [-0.4, -0.2) is 11.2 Å². The maximum absolute atomic E-state index is 8.91. The highest BCUT2D eigenvalue weighted by Gasteiger charge is 2.13. The molecule has 0 radical (unpaired) electrons. The number of aliphatic hydroxyl groups excluding tert-OH is 1. The van der Waals surface area contributed by atoms with E-state index in [0.29, 0.717) is 0 Å². The summed E-state index contributed by atoms with van der Waals surface area (Å²) in [5.41, 5.74) is 2.04. The Balaban J connectivity index is 0.000000160. The van der Waals surface area contributed by atoms with Crippen molar-refractivity contribution in [3.05, 3.63) is 48.5 Å². The molecule has 2 aromatic carbocycles. The monoisotopic (exact) mass is 283 g/mol. The Hall–Kier alpha value is -2.00. The van der Waals surface area contributed by atoms with Crippen molar-refractivity contribution in [3.63, 3.8) is 0 Å². The van der Waals surface area contributed by atoms with Gasteiger partial charge in [0.05, 0.1) is 17.5 Å². The summed E-state index contributed by atoms with van der Waals surface area (Å²) in [4.78, 5) is 0. The maximum Gasteiger partial charge on any atom is 0.150 e. The first kappa shape index (κ1) is 14.0. The van der Waals surface area contributed by atoms with E-state index >= 15 is 0 Å². The zero-order chi connectivity index (χ0) is 14.5. The fourth-order valence-corrected chi connectivity index (χ4v) is 2.66. The van der Waals surface area contributed by atoms with E-state index in [0.717, 1.165) is 35.7 Å². The molecule has 2 aromatic rings. The van der Waals surface area contributed by atoms with Gasteiger partial charge in [-0.05, 0) is 37.1 Å². The van der Waals surface area contributed by atoms with Crippen LogP contribution in [0.25, 0.3) is 0 Å². The Morgan fingerprint density at radius 1 is 0.810 bits per heavy atom. The number of aliphatic hydroxyl groups is 1. The fourth-order valence-electron chi connectivity index (χ4n) is 2.66. The Bertz CT molecular complexity index is 504. The molecule has 110 valence electrons. The van der Waals surface area contributed by atoms with Gasteiger partial charge in [-0.15, -0.1) is 0 Å². The van der Waals surface area contributed by atoms with Gasteiger partial charge in [-0.3, -0.25) is 0 Å². The van der Waals surface area contributed by atoms with Gasteiger partial charge in [-0.25, -0.2) is 0 Å². The van der Waals surface area contributed by atoms with Crippen LogP contribution >= 0.6 is 0 Å². The molecule has 0 spiro atoms. The molecule has 0 bridgehead atoms. The van der Waals surface area contributed by atoms with E-state index in [4.69, 9.17) is 9.84 Å². The quantitative estimate of drug-likeness (QED) is 0.620. The molecule has 1 aliphatic heterocycles. The van der Waals surface area contributed by atoms with Crippen molar-refractivity contribution in [1.29, 1.82) is 0 Å². The lowest BCUT2D eigenvalue weighted by molar-refractivity contribution is 0.130. The van der Waals surface area contributed by atoms with Crippen LogP contribution < -0.4 is 10.1 Å². The molecule has 1 aliphatic carbocycles. The molecule has 0 unspecified atom stereocenters. The highest BCUT2D eigenvalue weighted by molar-refractivity contribution is 5.75. The smallest absolute Gasteiger partial charge is 0.150 e. The van der Waals surface area contributed by atoms with Crippen molar-refractivity contribution in [1.82, 2.24) is 0 Å². The molecule has 0 aromatic heterocycles. The van der Waals surface area contributed by atoms with Crippen LogP contribution in [0.15, 0.2) is 48.5 Å². The predicted molar refractivity (Wildman–Crippen MR) is 85.3 cm³/mol. The zero-order valence-electron chi connectivity index (χ0n) is 12.1. The van der Waals surface area contributed by atoms with Crippen LogP contribution in [0.2, 0.25) is 0 Å². The minimum Gasteiger partial charge on any atom is -0.453 e. The molecular formula is C18H21NO2. The summed E-state index contributed by atoms with van der Waals surface area (Å²) in [5.74, 6) is 1.76. The fraction of sp³-hybridized carbons (Fsp3) is 0.333. The molecular weight excluding hydrogens is 262 g/mol. The topological polar surface area (TPSA) is 41.5 Å². The highest BCUT2D eigenvalue weighted by Crippen LogP contribution is 2.40. The zero-order valence-corrected chi connectivity index (χ0v) is 12.1. The Morgan fingerprint density at radius 2 is 1.33 bits per heavy atom. The van der Waals surface area contributed by atoms with Crippen LogP contribution in [0.1, 0.15) is 32.1 Å². The largest absolute Gasteiger partial charge is 0.453 e. The van der Waals surface area contributed by atoms with Gasteiger partial charge >= 0.3 is 0 Å². The minimum atomic E-state index is 0.0359. The molecule has 0 amide bonds. The Kier molecular flexibility index (Phi) is 4.41. The summed E-state index contributed by atoms with van der Waals surface area (Å²) in [7, 11) is 0. The minimum absolute atomic E-state index is 0.0359. The second kappa shape index (κ2) is 6.64. The first-order chi connectivity index (χ1) is 10.3. The van der Waals surface area contributed by atoms with Crippen LogP contribution in [0.4, 0.5) is 11.4 Å². The second-order valence-electron chi connectivity index (χ2n) is 5.51. The lowest BCUT2D eigenvalue weighted by atomic mass is 9.98. The molecule has 1 fully saturated rings. The van der Waals surface area contributed by atoms with Gasteiger partial charge < -0.3 is 15.2 Å². The van der Waals surface area contributed by atoms with E-state index in [2.05, 4.69) is 5.32 Å². The Labute approximate surface area is 125 Å². The number of nitrogens with one attached hydrogen (secondary N) is 1. The highest BCUT2D eigenvalue weighted by atomic mass is 16.5. The van der Waals surface area contributed by atoms with Gasteiger partial charge in [0.1, 0.15) is 0 Å². The maximum atomic E-state index is 8.91. The van der Waals surface area contributed by atoms with Gasteiger partial charge in [0.25, 0.3) is 0 Å². The third-order valence-corrected chi connectivity index (χ3v) is 3.84. The lowest BCUT2D eigenvalue weighted by Gasteiger charge is -2.20. The van der Waals surface area contributed by atoms with Crippen LogP contribution in [-0.2, 0) is 0 Å². The van der Waals surface area contributed by atoms with E-state index in [9.17, 15) is 0 Å². The van der Waals surface area contributed by atoms with E-state index in [1.54, 1.807) is 0 Å². The lowest BCUT2D eigenvalue weighted by Crippen LogP contribution is -2.09. The molecule has 2 aliphatic rings. The van der Waals surface area contributed by atoms with Crippen LogP contribution in [0, 0.1) is 0 Å². The van der Waals surface area contributed by atoms with Crippen molar-refractivity contribution < 1.29 is 9.84 Å². The van der Waals surface area contributed by atoms with E-state index < -0.39 is 0 Å². The van der Waals surface area contributed by atoms with Gasteiger partial charge in [0, 0.05) is 0 Å². The number of para-hydroxylation sites is 4. The number of rotatable bonds is 0. The van der Waals surface area contributed by atoms with Gasteiger partial charge in [-0.1, -0.05) is 43.5 Å². The summed E-state index contributed by atoms with van der Waals surface area (Å²) in [6, 6.07) is 15.8. The third-order valence-electron chi connectivity index (χ3n) is 3.84. The van der Waals surface area contributed by atoms with E-state index in [1.807, 2.05) is 48.5 Å². The SMILES string of the molecule is OC1CCCCC1.c1ccc2c(c1)Nc1ccccc1O2. The average Bonchev–Trinajstić information content (AvgIpc) is 2.54. The number of anilines is 2. The molecule has 4 rings (SSSR count). The summed E-state index contributed by atoms with van der Waals surface area (Å²) in [6.07, 6.45) is 5.92. The van der Waals surface area contributed by atoms with Crippen molar-refractivity contribution in [2.24, 2.45) is 0 Å². The number of hydrogen-bond donors (Lipinski definition) is 2. The van der Waals surface area contributed by atoms with Gasteiger partial charge in [0.15, 0.2) is 11.5 Å². The van der Waals surface area contributed by atoms with Crippen molar-refractivity contribution in [3.8, 4) is 11.5 Å². The average molecular weight is 283 g/mol. The van der Waals surface area contributed by atoms with E-state index in [-0.39, 0.29) is 6.10 Å². The molecule has 1 saturated carbocycles. The molecule has 0 atom stereocenters. The first-order valence-corrected chi connectivity index (χ1v) is 7.64. The number of ether oxygens (including phenoxy) is 1. The Morgan fingerprint density at radius 3 is 1.81 bits per heavy atom. The van der Waals surface area contributed by atoms with Crippen molar-refractivity contribution in [2.45, 2.75) is 38.2 Å². The molecule has 0 saturated heterocycles. The van der Waals surface area contributed by atoms with Crippen LogP contribution in [0.3, 0.4) is 0 Å². The molecule has 3 nitrogen and oxygen atoms in total. The number of benzene rings is 2. The third kappa shape index (κ3) is 3.56. The summed E-state index contributed by atoms with van der Waals surface area (Å²) in [6.45, 7) is 0. The second-order valence-corrected chi connectivity index (χ2v) is 5.51. The predicted octanol–water partition coefficient (Wildman–Crippen LogP) is 4.85. The summed E-state index contributed by atoms with van der Waals surface area (Å²) in [5, 5.41) is 12.2. The normalized spacial score (nSPS) is 16.4. The number of fused-ring (bicyclic) bond motifs is 2. The standard InChI is InChI=1S/C12H9NO.C6H12O/c1-3-7-11-9(5-1)13-10-6-2-4-8-12(10)14-11;7-6-4-2-1-3-5-6/h1-8,13H;6-7H,1-5H2. The molecule has 21 heavy (non-hydrogen) atoms. The molecule has 2 N–H and O–H groups in total. The summed E-state index contributed by atoms with van der Waals surface area (Å²) < 4.78 is 5.71. The molecule has 1 heterocycles. The summed E-state index contributed by atoms with van der Waals surface area (Å²) >= 11 is 0. The van der Waals surface area contributed by atoms with Crippen molar-refractivity contribution in [2.75, 3.05) is 5.32 Å². The molecule has 3 heteroatoms. The van der Waals surface area contributed by atoms with E-state index in [1.165, 1.54) is 19.3 Å². The number of hydrogen-bond acceptors (Lipinski definition) is 3.